The smallest absolute Gasteiger partial charge is 0.416 e. The molecule has 1 aliphatic rings. The molecule has 0 aliphatic carbocycles. The number of imidazole rings is 1. The second-order valence-corrected chi connectivity index (χ2v) is 8.96. The molecule has 4 aromatic rings. The molecule has 3 heterocycles. The predicted octanol–water partition coefficient (Wildman–Crippen LogP) is 4.20. The number of carbonyl (C=O) groups excluding carboxylic acids is 1. The normalized spacial score (nSPS) is 14.4. The van der Waals surface area contributed by atoms with Gasteiger partial charge in [0.15, 0.2) is 0 Å². The third-order valence-corrected chi connectivity index (χ3v) is 6.53. The Kier molecular flexibility index (Phi) is 6.53. The summed E-state index contributed by atoms with van der Waals surface area (Å²) in [5, 5.41) is 4.25. The second kappa shape index (κ2) is 9.79. The lowest BCUT2D eigenvalue weighted by molar-refractivity contribution is -0.137. The molecule has 1 amide bonds. The van der Waals surface area contributed by atoms with Gasteiger partial charge >= 0.3 is 6.18 Å². The van der Waals surface area contributed by atoms with Crippen molar-refractivity contribution in [2.24, 2.45) is 7.05 Å². The van der Waals surface area contributed by atoms with Crippen LogP contribution in [0.25, 0.3) is 22.2 Å². The summed E-state index contributed by atoms with van der Waals surface area (Å²) < 4.78 is 48.2. The number of rotatable bonds is 6. The number of aromatic nitrogens is 4. The summed E-state index contributed by atoms with van der Waals surface area (Å²) >= 11 is 0. The number of hydrogen-bond acceptors (Lipinski definition) is 5. The topological polar surface area (TPSA) is 68.4 Å². The zero-order chi connectivity index (χ0) is 26.2. The molecule has 0 atom stereocenters. The molecule has 0 radical (unpaired) electrons. The summed E-state index contributed by atoms with van der Waals surface area (Å²) in [5.74, 6) is 0.688. The molecule has 194 valence electrons. The Balaban J connectivity index is 1.24. The van der Waals surface area contributed by atoms with Gasteiger partial charge in [-0.05, 0) is 37.3 Å². The van der Waals surface area contributed by atoms with Crippen LogP contribution in [-0.4, -0.2) is 62.9 Å². The largest absolute Gasteiger partial charge is 0.493 e. The first-order valence-electron chi connectivity index (χ1n) is 12.0. The molecule has 2 aromatic heterocycles. The maximum Gasteiger partial charge on any atom is 0.416 e. The Morgan fingerprint density at radius 2 is 1.86 bits per heavy atom. The number of benzene rings is 2. The molecule has 5 rings (SSSR count). The molecule has 37 heavy (non-hydrogen) atoms. The van der Waals surface area contributed by atoms with Crippen LogP contribution >= 0.6 is 0 Å². The third kappa shape index (κ3) is 5.11. The molecular weight excluding hydrogens is 485 g/mol. The van der Waals surface area contributed by atoms with E-state index >= 15 is 0 Å². The van der Waals surface area contributed by atoms with E-state index in [4.69, 9.17) is 4.74 Å². The summed E-state index contributed by atoms with van der Waals surface area (Å²) in [5.41, 5.74) is 2.93. The van der Waals surface area contributed by atoms with Crippen LogP contribution in [0.15, 0.2) is 55.1 Å². The quantitative estimate of drug-likeness (QED) is 0.387. The van der Waals surface area contributed by atoms with Crippen LogP contribution in [0.2, 0.25) is 0 Å². The molecule has 11 heteroatoms. The van der Waals surface area contributed by atoms with Crippen LogP contribution in [0, 0.1) is 0 Å². The fraction of sp³-hybridized carbons (Fsp3) is 0.346. The lowest BCUT2D eigenvalue weighted by Gasteiger charge is -2.36. The van der Waals surface area contributed by atoms with Crippen LogP contribution < -0.4 is 9.64 Å². The van der Waals surface area contributed by atoms with E-state index in [-0.39, 0.29) is 18.0 Å². The summed E-state index contributed by atoms with van der Waals surface area (Å²) in [4.78, 5) is 21.0. The standard InChI is InChI=1S/C26H27F3N6O2/c1-3-37-24-13-20(5-6-21(24)18-14-31-32(2)15-18)33-8-10-34(11-9-33)25(36)16-35-17-30-22-12-19(26(27,28)29)4-7-23(22)35/h4-7,12-15,17H,3,8-11,16H2,1-2H3. The Labute approximate surface area is 211 Å². The number of ether oxygens (including phenoxy) is 1. The molecule has 0 N–H and O–H groups in total. The second-order valence-electron chi connectivity index (χ2n) is 8.96. The average molecular weight is 513 g/mol. The molecule has 0 saturated carbocycles. The van der Waals surface area contributed by atoms with Gasteiger partial charge in [0.05, 0.1) is 35.7 Å². The first-order valence-corrected chi connectivity index (χ1v) is 12.0. The molecule has 1 fully saturated rings. The summed E-state index contributed by atoms with van der Waals surface area (Å²) in [6.07, 6.45) is 0.731. The van der Waals surface area contributed by atoms with E-state index in [0.717, 1.165) is 34.7 Å². The summed E-state index contributed by atoms with van der Waals surface area (Å²) in [6.45, 7) is 4.90. The van der Waals surface area contributed by atoms with E-state index in [1.54, 1.807) is 20.3 Å². The van der Waals surface area contributed by atoms with Crippen molar-refractivity contribution in [2.75, 3.05) is 37.7 Å². The molecular formula is C26H27F3N6O2. The van der Waals surface area contributed by atoms with E-state index in [1.807, 2.05) is 32.3 Å². The number of hydrogen-bond donors (Lipinski definition) is 0. The first kappa shape index (κ1) is 24.7. The van der Waals surface area contributed by atoms with Crippen molar-refractivity contribution >= 4 is 22.6 Å². The van der Waals surface area contributed by atoms with Gasteiger partial charge < -0.3 is 19.1 Å². The minimum Gasteiger partial charge on any atom is -0.493 e. The van der Waals surface area contributed by atoms with Crippen LogP contribution in [0.4, 0.5) is 18.9 Å². The highest BCUT2D eigenvalue weighted by Gasteiger charge is 2.31. The van der Waals surface area contributed by atoms with Gasteiger partial charge in [0.2, 0.25) is 5.91 Å². The van der Waals surface area contributed by atoms with Gasteiger partial charge in [0.25, 0.3) is 0 Å². The van der Waals surface area contributed by atoms with Crippen LogP contribution in [0.5, 0.6) is 5.75 Å². The number of alkyl halides is 3. The number of aryl methyl sites for hydroxylation is 1. The van der Waals surface area contributed by atoms with Crippen molar-refractivity contribution in [3.63, 3.8) is 0 Å². The fourth-order valence-corrected chi connectivity index (χ4v) is 4.61. The Morgan fingerprint density at radius 3 is 2.54 bits per heavy atom. The number of halogens is 3. The number of carbonyl (C=O) groups is 1. The molecule has 1 saturated heterocycles. The van der Waals surface area contributed by atoms with E-state index in [1.165, 1.54) is 12.4 Å². The van der Waals surface area contributed by atoms with Crippen LogP contribution in [-0.2, 0) is 24.6 Å². The maximum absolute atomic E-state index is 13.0. The van der Waals surface area contributed by atoms with Crippen molar-refractivity contribution in [1.29, 1.82) is 0 Å². The van der Waals surface area contributed by atoms with Gasteiger partial charge in [-0.2, -0.15) is 18.3 Å². The highest BCUT2D eigenvalue weighted by Crippen LogP contribution is 2.34. The van der Waals surface area contributed by atoms with E-state index < -0.39 is 11.7 Å². The lowest BCUT2D eigenvalue weighted by Crippen LogP contribution is -2.49. The van der Waals surface area contributed by atoms with Crippen molar-refractivity contribution in [3.05, 3.63) is 60.7 Å². The Bertz CT molecular complexity index is 1420. The average Bonchev–Trinajstić information content (AvgIpc) is 3.49. The SMILES string of the molecule is CCOc1cc(N2CCN(C(=O)Cn3cnc4cc(C(F)(F)F)ccc43)CC2)ccc1-c1cnn(C)c1. The minimum atomic E-state index is -4.43. The number of nitrogens with zero attached hydrogens (tertiary/aromatic N) is 6. The monoisotopic (exact) mass is 512 g/mol. The van der Waals surface area contributed by atoms with Crippen LogP contribution in [0.1, 0.15) is 12.5 Å². The number of piperazine rings is 1. The predicted molar refractivity (Wildman–Crippen MR) is 133 cm³/mol. The van der Waals surface area contributed by atoms with Gasteiger partial charge in [-0.3, -0.25) is 9.48 Å². The summed E-state index contributed by atoms with van der Waals surface area (Å²) in [7, 11) is 1.87. The molecule has 1 aliphatic heterocycles. The molecule has 0 spiro atoms. The van der Waals surface area contributed by atoms with Gasteiger partial charge in [-0.15, -0.1) is 0 Å². The van der Waals surface area contributed by atoms with Gasteiger partial charge in [-0.1, -0.05) is 0 Å². The van der Waals surface area contributed by atoms with Gasteiger partial charge in [-0.25, -0.2) is 4.98 Å². The molecule has 0 bridgehead atoms. The Morgan fingerprint density at radius 1 is 1.08 bits per heavy atom. The Hall–Kier alpha value is -4.02. The highest BCUT2D eigenvalue weighted by atomic mass is 19.4. The van der Waals surface area contributed by atoms with Crippen molar-refractivity contribution < 1.29 is 22.7 Å². The zero-order valence-electron chi connectivity index (χ0n) is 20.6. The minimum absolute atomic E-state index is 0.0240. The fourth-order valence-electron chi connectivity index (χ4n) is 4.61. The number of fused-ring (bicyclic) bond motifs is 1. The first-order chi connectivity index (χ1) is 17.7. The molecule has 0 unspecified atom stereocenters. The molecule has 2 aromatic carbocycles. The summed E-state index contributed by atoms with van der Waals surface area (Å²) in [6, 6.07) is 9.49. The van der Waals surface area contributed by atoms with Gasteiger partial charge in [0.1, 0.15) is 12.3 Å². The van der Waals surface area contributed by atoms with Crippen molar-refractivity contribution in [2.45, 2.75) is 19.6 Å². The van der Waals surface area contributed by atoms with Crippen molar-refractivity contribution in [3.8, 4) is 16.9 Å². The lowest BCUT2D eigenvalue weighted by atomic mass is 10.1. The van der Waals surface area contributed by atoms with E-state index in [2.05, 4.69) is 21.0 Å². The zero-order valence-corrected chi connectivity index (χ0v) is 20.6. The van der Waals surface area contributed by atoms with Crippen LogP contribution in [0.3, 0.4) is 0 Å². The van der Waals surface area contributed by atoms with E-state index in [0.29, 0.717) is 38.3 Å². The third-order valence-electron chi connectivity index (χ3n) is 6.53. The maximum atomic E-state index is 13.0. The van der Waals surface area contributed by atoms with Crippen molar-refractivity contribution in [1.82, 2.24) is 24.2 Å². The number of amides is 1. The van der Waals surface area contributed by atoms with Gasteiger partial charge in [0, 0.05) is 62.3 Å². The highest BCUT2D eigenvalue weighted by molar-refractivity contribution is 5.81. The molecule has 8 nitrogen and oxygen atoms in total. The number of anilines is 1. The van der Waals surface area contributed by atoms with E-state index in [9.17, 15) is 18.0 Å².